The van der Waals surface area contributed by atoms with Gasteiger partial charge in [-0.25, -0.2) is 9.97 Å². The summed E-state index contributed by atoms with van der Waals surface area (Å²) in [6.07, 6.45) is 10.3. The van der Waals surface area contributed by atoms with Gasteiger partial charge < -0.3 is 15.3 Å². The number of carbonyl (C=O) groups is 1. The van der Waals surface area contributed by atoms with E-state index in [9.17, 15) is 4.79 Å². The van der Waals surface area contributed by atoms with Crippen LogP contribution >= 0.6 is 0 Å². The molecule has 5 heterocycles. The summed E-state index contributed by atoms with van der Waals surface area (Å²) in [7, 11) is 0. The molecule has 286 valence electrons. The van der Waals surface area contributed by atoms with Crippen LogP contribution < -0.4 is 5.32 Å². The van der Waals surface area contributed by atoms with Crippen LogP contribution in [0.4, 0.5) is 0 Å². The van der Waals surface area contributed by atoms with Gasteiger partial charge in [0.1, 0.15) is 0 Å². The Morgan fingerprint density at radius 3 is 1.27 bits per heavy atom. The molecule has 8 aromatic rings. The molecule has 6 nitrogen and oxygen atoms in total. The van der Waals surface area contributed by atoms with Crippen LogP contribution in [0.15, 0.2) is 164 Å². The van der Waals surface area contributed by atoms with Gasteiger partial charge in [0.15, 0.2) is 0 Å². The Balaban J connectivity index is 1.16. The van der Waals surface area contributed by atoms with Crippen molar-refractivity contribution in [2.24, 2.45) is 0 Å². The van der Waals surface area contributed by atoms with E-state index in [0.29, 0.717) is 5.56 Å². The zero-order valence-corrected chi connectivity index (χ0v) is 32.7. The lowest BCUT2D eigenvalue weighted by Gasteiger charge is -2.14. The van der Waals surface area contributed by atoms with Crippen molar-refractivity contribution in [2.75, 3.05) is 0 Å². The van der Waals surface area contributed by atoms with Gasteiger partial charge in [-0.05, 0) is 107 Å². The average molecular weight is 774 g/mol. The fourth-order valence-electron chi connectivity index (χ4n) is 8.97. The van der Waals surface area contributed by atoms with Gasteiger partial charge in [-0.3, -0.25) is 4.79 Å². The van der Waals surface area contributed by atoms with Crippen molar-refractivity contribution in [3.05, 3.63) is 203 Å². The maximum Gasteiger partial charge on any atom is 0.251 e. The Labute approximate surface area is 347 Å². The van der Waals surface area contributed by atoms with E-state index >= 15 is 0 Å². The molecule has 0 fully saturated rings. The van der Waals surface area contributed by atoms with E-state index in [2.05, 4.69) is 155 Å². The average Bonchev–Trinajstić information content (AvgIpc) is 4.17. The minimum atomic E-state index is -0.0779. The number of nitrogens with one attached hydrogen (secondary N) is 3. The molecule has 2 aliphatic heterocycles. The summed E-state index contributed by atoms with van der Waals surface area (Å²) in [5.41, 5.74) is 18.4. The Hall–Kier alpha value is -7.83. The highest BCUT2D eigenvalue weighted by Crippen LogP contribution is 2.39. The number of aromatic nitrogens is 4. The summed E-state index contributed by atoms with van der Waals surface area (Å²) in [6.45, 7) is 0. The van der Waals surface area contributed by atoms with Crippen molar-refractivity contribution in [1.29, 1.82) is 0 Å². The molecule has 0 saturated heterocycles. The molecule has 0 spiro atoms. The summed E-state index contributed by atoms with van der Waals surface area (Å²) < 4.78 is 0. The number of amides is 1. The lowest BCUT2D eigenvalue weighted by atomic mass is 10.0. The first-order chi connectivity index (χ1) is 29.6. The third kappa shape index (κ3) is 6.35. The van der Waals surface area contributed by atoms with Crippen LogP contribution in [0.1, 0.15) is 56.7 Å². The van der Waals surface area contributed by atoms with Crippen molar-refractivity contribution in [3.8, 4) is 44.5 Å². The SMILES string of the molecule is O=C(NC1CCc2ccccc21)c1ccc(-c2c3nc(c(-c4ccccc4)c4ccc([nH]4)c(-c4ccccc4)c4nc(c(-c5ccccc5)c5ccc2[nH]5)C=C4)C=C3)cc1. The summed E-state index contributed by atoms with van der Waals surface area (Å²) in [5.74, 6) is -0.0779. The van der Waals surface area contributed by atoms with Crippen LogP contribution in [0.3, 0.4) is 0 Å². The molecule has 5 aromatic carbocycles. The fourth-order valence-corrected chi connectivity index (χ4v) is 8.97. The standard InChI is InChI=1S/C54H39N5O/c60-54(59-41-25-24-34-12-10-11-19-40(34)41)39-22-20-38(21-23-39)53-48-32-30-46(57-48)51(36-15-6-2-7-16-36)44-28-26-42(55-44)50(35-13-4-1-5-14-35)43-27-29-45(56-43)52(37-17-8-3-9-18-37)47-31-33-49(53)58-47/h1-23,26-33,41,55,58H,24-25H2,(H,59,60). The van der Waals surface area contributed by atoms with E-state index < -0.39 is 0 Å². The Morgan fingerprint density at radius 2 is 0.833 bits per heavy atom. The second-order valence-corrected chi connectivity index (χ2v) is 15.4. The molecular weight excluding hydrogens is 735 g/mol. The predicted molar refractivity (Wildman–Crippen MR) is 246 cm³/mol. The molecule has 0 radical (unpaired) electrons. The van der Waals surface area contributed by atoms with Crippen LogP contribution in [-0.2, 0) is 6.42 Å². The lowest BCUT2D eigenvalue weighted by molar-refractivity contribution is 0.0936. The topological polar surface area (TPSA) is 86.5 Å². The van der Waals surface area contributed by atoms with E-state index in [0.717, 1.165) is 102 Å². The lowest BCUT2D eigenvalue weighted by Crippen LogP contribution is -2.27. The Morgan fingerprint density at radius 1 is 0.450 bits per heavy atom. The summed E-state index contributed by atoms with van der Waals surface area (Å²) in [5, 5.41) is 3.29. The molecule has 11 rings (SSSR count). The largest absolute Gasteiger partial charge is 0.354 e. The van der Waals surface area contributed by atoms with Gasteiger partial charge >= 0.3 is 0 Å². The van der Waals surface area contributed by atoms with Gasteiger partial charge in [0.25, 0.3) is 5.91 Å². The van der Waals surface area contributed by atoms with Gasteiger partial charge in [-0.2, -0.15) is 0 Å². The van der Waals surface area contributed by atoms with Crippen molar-refractivity contribution >= 4 is 52.3 Å². The molecule has 1 amide bonds. The van der Waals surface area contributed by atoms with Gasteiger partial charge in [0.2, 0.25) is 0 Å². The zero-order valence-electron chi connectivity index (χ0n) is 32.7. The minimum absolute atomic E-state index is 0.0109. The summed E-state index contributed by atoms with van der Waals surface area (Å²) in [4.78, 5) is 32.1. The van der Waals surface area contributed by atoms with Crippen LogP contribution in [0.5, 0.6) is 0 Å². The van der Waals surface area contributed by atoms with Gasteiger partial charge in [0.05, 0.1) is 28.8 Å². The molecule has 1 aliphatic carbocycles. The number of rotatable bonds is 6. The number of hydrogen-bond donors (Lipinski definition) is 3. The monoisotopic (exact) mass is 773 g/mol. The molecule has 1 atom stereocenters. The molecule has 0 saturated carbocycles. The molecule has 1 unspecified atom stereocenters. The van der Waals surface area contributed by atoms with E-state index in [1.54, 1.807) is 0 Å². The third-order valence-corrected chi connectivity index (χ3v) is 11.8. The van der Waals surface area contributed by atoms with Crippen molar-refractivity contribution in [1.82, 2.24) is 25.3 Å². The van der Waals surface area contributed by atoms with Gasteiger partial charge in [-0.15, -0.1) is 0 Å². The van der Waals surface area contributed by atoms with E-state index in [4.69, 9.17) is 9.97 Å². The van der Waals surface area contributed by atoms with E-state index in [-0.39, 0.29) is 11.9 Å². The van der Waals surface area contributed by atoms with Crippen molar-refractivity contribution in [2.45, 2.75) is 18.9 Å². The number of hydrogen-bond acceptors (Lipinski definition) is 3. The number of H-pyrrole nitrogens is 2. The number of benzene rings is 5. The Bertz CT molecular complexity index is 3140. The summed E-state index contributed by atoms with van der Waals surface area (Å²) >= 11 is 0. The fraction of sp³-hybridized carbons (Fsp3) is 0.0556. The predicted octanol–water partition coefficient (Wildman–Crippen LogP) is 12.7. The number of carbonyl (C=O) groups excluding carboxylic acids is 1. The van der Waals surface area contributed by atoms with Crippen LogP contribution in [0, 0.1) is 0 Å². The normalized spacial score (nSPS) is 14.0. The third-order valence-electron chi connectivity index (χ3n) is 11.8. The molecular formula is C54H39N5O. The number of aromatic amines is 2. The first-order valence-corrected chi connectivity index (χ1v) is 20.5. The maximum absolute atomic E-state index is 13.7. The van der Waals surface area contributed by atoms with E-state index in [1.165, 1.54) is 11.1 Å². The highest BCUT2D eigenvalue weighted by Gasteiger charge is 2.24. The Kier molecular flexibility index (Phi) is 8.74. The molecule has 6 heteroatoms. The molecule has 3 aliphatic rings. The number of fused-ring (bicyclic) bond motifs is 9. The van der Waals surface area contributed by atoms with E-state index in [1.807, 2.05) is 48.5 Å². The molecule has 8 bridgehead atoms. The quantitative estimate of drug-likeness (QED) is 0.157. The first-order valence-electron chi connectivity index (χ1n) is 20.5. The van der Waals surface area contributed by atoms with Crippen molar-refractivity contribution < 1.29 is 4.79 Å². The summed E-state index contributed by atoms with van der Waals surface area (Å²) in [6, 6.07) is 56.2. The molecule has 3 aromatic heterocycles. The van der Waals surface area contributed by atoms with Gasteiger partial charge in [-0.1, -0.05) is 127 Å². The smallest absolute Gasteiger partial charge is 0.251 e. The first kappa shape index (κ1) is 35.3. The van der Waals surface area contributed by atoms with Crippen LogP contribution in [0.25, 0.3) is 90.9 Å². The zero-order chi connectivity index (χ0) is 40.0. The van der Waals surface area contributed by atoms with Crippen LogP contribution in [-0.4, -0.2) is 25.8 Å². The minimum Gasteiger partial charge on any atom is -0.354 e. The number of aryl methyl sites for hydroxylation is 1. The molecule has 60 heavy (non-hydrogen) atoms. The van der Waals surface area contributed by atoms with Crippen molar-refractivity contribution in [3.63, 3.8) is 0 Å². The molecule has 3 N–H and O–H groups in total. The highest BCUT2D eigenvalue weighted by molar-refractivity contribution is 6.00. The second-order valence-electron chi connectivity index (χ2n) is 15.4. The van der Waals surface area contributed by atoms with Gasteiger partial charge in [0, 0.05) is 49.9 Å². The van der Waals surface area contributed by atoms with Crippen LogP contribution in [0.2, 0.25) is 0 Å². The highest BCUT2D eigenvalue weighted by atomic mass is 16.1. The number of nitrogens with zero attached hydrogens (tertiary/aromatic N) is 2. The maximum atomic E-state index is 13.7. The second kappa shape index (κ2) is 14.8.